The molecule has 18 heavy (non-hydrogen) atoms. The molecule has 0 radical (unpaired) electrons. The number of carbonyl (C=O) groups is 1. The van der Waals surface area contributed by atoms with Crippen molar-refractivity contribution in [1.29, 1.82) is 0 Å². The third kappa shape index (κ3) is 2.99. The number of nitrogens with one attached hydrogen (secondary N) is 2. The average Bonchev–Trinajstić information content (AvgIpc) is 2.38. The topological polar surface area (TPSA) is 41.1 Å². The van der Waals surface area contributed by atoms with Crippen molar-refractivity contribution in [1.82, 2.24) is 10.6 Å². The number of fused-ring (bicyclic) bond motifs is 1. The van der Waals surface area contributed by atoms with Crippen LogP contribution in [0.2, 0.25) is 0 Å². The average molecular weight is 244 g/mol. The summed E-state index contributed by atoms with van der Waals surface area (Å²) in [7, 11) is 0. The number of hydrogen-bond donors (Lipinski definition) is 2. The lowest BCUT2D eigenvalue weighted by atomic mass is 9.98. The van der Waals surface area contributed by atoms with Gasteiger partial charge in [-0.2, -0.15) is 0 Å². The van der Waals surface area contributed by atoms with Crippen molar-refractivity contribution in [3.63, 3.8) is 0 Å². The first-order valence-electron chi connectivity index (χ1n) is 6.45. The summed E-state index contributed by atoms with van der Waals surface area (Å²) in [4.78, 5) is 12.0. The SMILES string of the molecule is C=CCC(C)NC(=O)c1ccc2c(c1)CNCC2. The maximum Gasteiger partial charge on any atom is 0.251 e. The predicted octanol–water partition coefficient (Wildman–Crippen LogP) is 2.03. The number of benzene rings is 1. The van der Waals surface area contributed by atoms with E-state index in [0.717, 1.165) is 31.5 Å². The quantitative estimate of drug-likeness (QED) is 0.796. The highest BCUT2D eigenvalue weighted by Gasteiger charge is 2.13. The molecule has 3 nitrogen and oxygen atoms in total. The van der Waals surface area contributed by atoms with E-state index in [1.807, 2.05) is 25.1 Å². The number of hydrogen-bond acceptors (Lipinski definition) is 2. The Hall–Kier alpha value is -1.61. The Morgan fingerprint density at radius 1 is 1.56 bits per heavy atom. The summed E-state index contributed by atoms with van der Waals surface area (Å²) >= 11 is 0. The third-order valence-corrected chi connectivity index (χ3v) is 3.25. The zero-order chi connectivity index (χ0) is 13.0. The molecule has 1 heterocycles. The van der Waals surface area contributed by atoms with Crippen LogP contribution in [-0.2, 0) is 13.0 Å². The van der Waals surface area contributed by atoms with Crippen LogP contribution < -0.4 is 10.6 Å². The van der Waals surface area contributed by atoms with Crippen LogP contribution in [0.5, 0.6) is 0 Å². The molecule has 1 atom stereocenters. The minimum absolute atomic E-state index is 0.00211. The van der Waals surface area contributed by atoms with Crippen molar-refractivity contribution in [2.45, 2.75) is 32.4 Å². The van der Waals surface area contributed by atoms with Crippen molar-refractivity contribution < 1.29 is 4.79 Å². The molecule has 0 saturated heterocycles. The van der Waals surface area contributed by atoms with Crippen LogP contribution in [0.15, 0.2) is 30.9 Å². The Labute approximate surface area is 108 Å². The van der Waals surface area contributed by atoms with Gasteiger partial charge in [0, 0.05) is 18.2 Å². The lowest BCUT2D eigenvalue weighted by molar-refractivity contribution is 0.0940. The molecular weight excluding hydrogens is 224 g/mol. The molecule has 2 N–H and O–H groups in total. The van der Waals surface area contributed by atoms with Crippen LogP contribution in [0.4, 0.5) is 0 Å². The molecule has 0 saturated carbocycles. The van der Waals surface area contributed by atoms with Crippen LogP contribution in [0.25, 0.3) is 0 Å². The van der Waals surface area contributed by atoms with Gasteiger partial charge in [-0.15, -0.1) is 6.58 Å². The van der Waals surface area contributed by atoms with Crippen LogP contribution in [0.1, 0.15) is 34.8 Å². The van der Waals surface area contributed by atoms with Gasteiger partial charge < -0.3 is 10.6 Å². The van der Waals surface area contributed by atoms with Crippen LogP contribution in [-0.4, -0.2) is 18.5 Å². The van der Waals surface area contributed by atoms with E-state index in [1.54, 1.807) is 0 Å². The van der Waals surface area contributed by atoms with Gasteiger partial charge in [-0.3, -0.25) is 4.79 Å². The van der Waals surface area contributed by atoms with Gasteiger partial charge in [-0.05, 0) is 49.6 Å². The summed E-state index contributed by atoms with van der Waals surface area (Å²) < 4.78 is 0. The standard InChI is InChI=1S/C15H20N2O/c1-3-4-11(2)17-15(18)13-6-5-12-7-8-16-10-14(12)9-13/h3,5-6,9,11,16H,1,4,7-8,10H2,2H3,(H,17,18). The summed E-state index contributed by atoms with van der Waals surface area (Å²) in [6, 6.07) is 6.12. The van der Waals surface area contributed by atoms with Crippen molar-refractivity contribution >= 4 is 5.91 Å². The number of amides is 1. The molecule has 1 amide bonds. The molecule has 2 rings (SSSR count). The molecular formula is C15H20N2O. The molecule has 96 valence electrons. The molecule has 1 aromatic rings. The number of rotatable bonds is 4. The third-order valence-electron chi connectivity index (χ3n) is 3.25. The van der Waals surface area contributed by atoms with E-state index >= 15 is 0 Å². The van der Waals surface area contributed by atoms with Crippen molar-refractivity contribution in [3.8, 4) is 0 Å². The van der Waals surface area contributed by atoms with E-state index in [0.29, 0.717) is 0 Å². The zero-order valence-corrected chi connectivity index (χ0v) is 10.8. The van der Waals surface area contributed by atoms with Gasteiger partial charge in [0.2, 0.25) is 0 Å². The molecule has 0 spiro atoms. The summed E-state index contributed by atoms with van der Waals surface area (Å²) in [6.45, 7) is 7.55. The second-order valence-corrected chi connectivity index (χ2v) is 4.81. The molecule has 0 aliphatic carbocycles. The Bertz CT molecular complexity index is 454. The van der Waals surface area contributed by atoms with E-state index in [9.17, 15) is 4.79 Å². The maximum atomic E-state index is 12.0. The second-order valence-electron chi connectivity index (χ2n) is 4.81. The lowest BCUT2D eigenvalue weighted by Crippen LogP contribution is -2.32. The van der Waals surface area contributed by atoms with Gasteiger partial charge in [0.05, 0.1) is 0 Å². The number of carbonyl (C=O) groups excluding carboxylic acids is 1. The zero-order valence-electron chi connectivity index (χ0n) is 10.8. The first-order chi connectivity index (χ1) is 8.70. The molecule has 3 heteroatoms. The molecule has 0 bridgehead atoms. The van der Waals surface area contributed by atoms with E-state index < -0.39 is 0 Å². The molecule has 0 aromatic heterocycles. The van der Waals surface area contributed by atoms with Crippen molar-refractivity contribution in [3.05, 3.63) is 47.5 Å². The van der Waals surface area contributed by atoms with E-state index in [4.69, 9.17) is 0 Å². The highest BCUT2D eigenvalue weighted by molar-refractivity contribution is 5.94. The Morgan fingerprint density at radius 3 is 3.17 bits per heavy atom. The molecule has 0 fully saturated rings. The normalized spacial score (nSPS) is 15.6. The fourth-order valence-electron chi connectivity index (χ4n) is 2.24. The fourth-order valence-corrected chi connectivity index (χ4v) is 2.24. The van der Waals surface area contributed by atoms with Gasteiger partial charge in [0.25, 0.3) is 5.91 Å². The monoisotopic (exact) mass is 244 g/mol. The van der Waals surface area contributed by atoms with Crippen LogP contribution in [0, 0.1) is 0 Å². The summed E-state index contributed by atoms with van der Waals surface area (Å²) in [6.07, 6.45) is 3.66. The van der Waals surface area contributed by atoms with Gasteiger partial charge >= 0.3 is 0 Å². The van der Waals surface area contributed by atoms with E-state index in [1.165, 1.54) is 11.1 Å². The largest absolute Gasteiger partial charge is 0.349 e. The smallest absolute Gasteiger partial charge is 0.251 e. The van der Waals surface area contributed by atoms with E-state index in [2.05, 4.69) is 23.3 Å². The maximum absolute atomic E-state index is 12.0. The fraction of sp³-hybridized carbons (Fsp3) is 0.400. The highest BCUT2D eigenvalue weighted by Crippen LogP contribution is 2.16. The second kappa shape index (κ2) is 5.83. The van der Waals surface area contributed by atoms with Crippen LogP contribution in [0.3, 0.4) is 0 Å². The van der Waals surface area contributed by atoms with Gasteiger partial charge in [0.15, 0.2) is 0 Å². The van der Waals surface area contributed by atoms with Crippen molar-refractivity contribution in [2.24, 2.45) is 0 Å². The minimum Gasteiger partial charge on any atom is -0.349 e. The van der Waals surface area contributed by atoms with E-state index in [-0.39, 0.29) is 11.9 Å². The van der Waals surface area contributed by atoms with Crippen molar-refractivity contribution in [2.75, 3.05) is 6.54 Å². The lowest BCUT2D eigenvalue weighted by Gasteiger charge is -2.18. The molecule has 1 aliphatic heterocycles. The Balaban J connectivity index is 2.08. The first-order valence-corrected chi connectivity index (χ1v) is 6.45. The van der Waals surface area contributed by atoms with Gasteiger partial charge in [0.1, 0.15) is 0 Å². The van der Waals surface area contributed by atoms with Gasteiger partial charge in [-0.25, -0.2) is 0 Å². The minimum atomic E-state index is -0.00211. The summed E-state index contributed by atoms with van der Waals surface area (Å²) in [5.74, 6) is -0.00211. The molecule has 1 aromatic carbocycles. The summed E-state index contributed by atoms with van der Waals surface area (Å²) in [5.41, 5.74) is 3.34. The molecule has 1 aliphatic rings. The highest BCUT2D eigenvalue weighted by atomic mass is 16.1. The Morgan fingerprint density at radius 2 is 2.39 bits per heavy atom. The Kier molecular flexibility index (Phi) is 4.15. The predicted molar refractivity (Wildman–Crippen MR) is 73.6 cm³/mol. The van der Waals surface area contributed by atoms with Crippen LogP contribution >= 0.6 is 0 Å². The summed E-state index contributed by atoms with van der Waals surface area (Å²) in [5, 5.41) is 6.30. The first kappa shape index (κ1) is 12.8. The molecule has 1 unspecified atom stereocenters. The van der Waals surface area contributed by atoms with Gasteiger partial charge in [-0.1, -0.05) is 12.1 Å².